The zero-order valence-corrected chi connectivity index (χ0v) is 11.6. The molecule has 19 heavy (non-hydrogen) atoms. The molecule has 1 aromatic carbocycles. The fraction of sp³-hybridized carbons (Fsp3) is 0.455. The summed E-state index contributed by atoms with van der Waals surface area (Å²) in [4.78, 5) is 2.67. The third kappa shape index (κ3) is 4.06. The highest BCUT2D eigenvalue weighted by Crippen LogP contribution is 2.52. The lowest BCUT2D eigenvalue weighted by molar-refractivity contribution is 0.154. The smallest absolute Gasteiger partial charge is 0.358 e. The van der Waals surface area contributed by atoms with Crippen LogP contribution >= 0.6 is 7.60 Å². The van der Waals surface area contributed by atoms with Gasteiger partial charge in [-0.15, -0.1) is 0 Å². The first-order chi connectivity index (χ1) is 9.07. The van der Waals surface area contributed by atoms with Crippen molar-refractivity contribution >= 4 is 7.60 Å². The lowest BCUT2D eigenvalue weighted by Crippen LogP contribution is -2.27. The Morgan fingerprint density at radius 3 is 2.42 bits per heavy atom. The summed E-state index contributed by atoms with van der Waals surface area (Å²) < 4.78 is 21.5. The lowest BCUT2D eigenvalue weighted by atomic mass is 10.1. The number of azide groups is 1. The van der Waals surface area contributed by atoms with Gasteiger partial charge in [0.1, 0.15) is 0 Å². The van der Waals surface area contributed by atoms with E-state index >= 15 is 0 Å². The SMILES string of the molecule is COP(=O)(OC)[C@H](O)[C@@H](Cc1ccccc1)N=[N+]=[N-]. The molecular weight excluding hydrogens is 269 g/mol. The van der Waals surface area contributed by atoms with Crippen molar-refractivity contribution in [3.05, 3.63) is 46.3 Å². The van der Waals surface area contributed by atoms with E-state index in [0.717, 1.165) is 5.56 Å². The van der Waals surface area contributed by atoms with Crippen LogP contribution in [0.15, 0.2) is 35.4 Å². The highest BCUT2D eigenvalue weighted by atomic mass is 31.2. The topological polar surface area (TPSA) is 105 Å². The van der Waals surface area contributed by atoms with Crippen LogP contribution in [0.5, 0.6) is 0 Å². The number of aliphatic hydroxyl groups is 1. The van der Waals surface area contributed by atoms with Crippen molar-refractivity contribution in [3.8, 4) is 0 Å². The Bertz CT molecular complexity index is 482. The minimum Gasteiger partial charge on any atom is -0.380 e. The monoisotopic (exact) mass is 285 g/mol. The molecule has 1 rings (SSSR count). The molecule has 0 bridgehead atoms. The molecule has 0 aliphatic rings. The Balaban J connectivity index is 2.95. The van der Waals surface area contributed by atoms with Crippen molar-refractivity contribution < 1.29 is 18.7 Å². The predicted octanol–water partition coefficient (Wildman–Crippen LogP) is 2.71. The highest BCUT2D eigenvalue weighted by Gasteiger charge is 2.38. The van der Waals surface area contributed by atoms with Gasteiger partial charge in [0.15, 0.2) is 5.85 Å². The molecule has 0 aromatic heterocycles. The number of nitrogens with zero attached hydrogens (tertiary/aromatic N) is 3. The maximum atomic E-state index is 12.1. The normalized spacial score (nSPS) is 14.5. The third-order valence-electron chi connectivity index (χ3n) is 2.66. The summed E-state index contributed by atoms with van der Waals surface area (Å²) in [6, 6.07) is 8.19. The minimum atomic E-state index is -3.70. The van der Waals surface area contributed by atoms with Gasteiger partial charge in [-0.3, -0.25) is 4.57 Å². The highest BCUT2D eigenvalue weighted by molar-refractivity contribution is 7.54. The first-order valence-corrected chi connectivity index (χ1v) is 7.16. The summed E-state index contributed by atoms with van der Waals surface area (Å²) in [5.74, 6) is -1.52. The van der Waals surface area contributed by atoms with E-state index in [-0.39, 0.29) is 6.42 Å². The molecule has 0 aliphatic heterocycles. The molecule has 104 valence electrons. The maximum absolute atomic E-state index is 12.1. The number of benzene rings is 1. The van der Waals surface area contributed by atoms with Crippen molar-refractivity contribution in [1.29, 1.82) is 0 Å². The molecule has 1 N–H and O–H groups in total. The van der Waals surface area contributed by atoms with Crippen molar-refractivity contribution in [3.63, 3.8) is 0 Å². The fourth-order valence-corrected chi connectivity index (χ4v) is 2.80. The number of hydrogen-bond donors (Lipinski definition) is 1. The summed E-state index contributed by atoms with van der Waals surface area (Å²) in [5, 5.41) is 13.5. The van der Waals surface area contributed by atoms with Gasteiger partial charge in [0.25, 0.3) is 0 Å². The third-order valence-corrected chi connectivity index (χ3v) is 4.67. The molecule has 0 unspecified atom stereocenters. The van der Waals surface area contributed by atoms with E-state index in [9.17, 15) is 9.67 Å². The van der Waals surface area contributed by atoms with Gasteiger partial charge in [-0.25, -0.2) is 0 Å². The predicted molar refractivity (Wildman–Crippen MR) is 70.7 cm³/mol. The first-order valence-electron chi connectivity index (χ1n) is 5.54. The van der Waals surface area contributed by atoms with Crippen molar-refractivity contribution in [2.75, 3.05) is 14.2 Å². The second-order valence-corrected chi connectivity index (χ2v) is 6.12. The second kappa shape index (κ2) is 7.28. The van der Waals surface area contributed by atoms with E-state index in [2.05, 4.69) is 10.0 Å². The number of aliphatic hydroxyl groups excluding tert-OH is 1. The summed E-state index contributed by atoms with van der Waals surface area (Å²) >= 11 is 0. The van der Waals surface area contributed by atoms with Crippen molar-refractivity contribution in [1.82, 2.24) is 0 Å². The molecule has 0 fully saturated rings. The Morgan fingerprint density at radius 2 is 1.95 bits per heavy atom. The van der Waals surface area contributed by atoms with Crippen LogP contribution in [0.3, 0.4) is 0 Å². The summed E-state index contributed by atoms with van der Waals surface area (Å²) in [5.41, 5.74) is 9.40. The summed E-state index contributed by atoms with van der Waals surface area (Å²) in [6.07, 6.45) is 0.239. The molecule has 0 aliphatic carbocycles. The van der Waals surface area contributed by atoms with Gasteiger partial charge < -0.3 is 14.2 Å². The average Bonchev–Trinajstić information content (AvgIpc) is 2.46. The quantitative estimate of drug-likeness (QED) is 0.360. The van der Waals surface area contributed by atoms with Crippen LogP contribution in [0.4, 0.5) is 0 Å². The molecule has 0 radical (unpaired) electrons. The molecular formula is C11H16N3O4P. The van der Waals surface area contributed by atoms with Crippen LogP contribution in [0.2, 0.25) is 0 Å². The van der Waals surface area contributed by atoms with Crippen LogP contribution in [0.25, 0.3) is 10.4 Å². The minimum absolute atomic E-state index is 0.239. The van der Waals surface area contributed by atoms with Gasteiger partial charge in [0, 0.05) is 19.1 Å². The summed E-state index contributed by atoms with van der Waals surface area (Å²) in [6.45, 7) is 0. The number of hydrogen-bond acceptors (Lipinski definition) is 5. The lowest BCUT2D eigenvalue weighted by Gasteiger charge is -2.24. The molecule has 0 spiro atoms. The van der Waals surface area contributed by atoms with Gasteiger partial charge in [0.2, 0.25) is 0 Å². The van der Waals surface area contributed by atoms with Crippen LogP contribution < -0.4 is 0 Å². The van der Waals surface area contributed by atoms with Gasteiger partial charge in [-0.2, -0.15) is 0 Å². The molecule has 0 saturated carbocycles. The molecule has 1 aromatic rings. The van der Waals surface area contributed by atoms with E-state index in [1.807, 2.05) is 30.3 Å². The molecule has 2 atom stereocenters. The summed E-state index contributed by atoms with van der Waals surface area (Å²) in [7, 11) is -1.36. The zero-order valence-electron chi connectivity index (χ0n) is 10.7. The molecule has 0 amide bonds. The van der Waals surface area contributed by atoms with Crippen LogP contribution in [-0.2, 0) is 20.0 Å². The number of rotatable bonds is 7. The van der Waals surface area contributed by atoms with E-state index in [0.29, 0.717) is 0 Å². The van der Waals surface area contributed by atoms with Gasteiger partial charge >= 0.3 is 7.60 Å². The average molecular weight is 285 g/mol. The fourth-order valence-electron chi connectivity index (χ4n) is 1.63. The standard InChI is InChI=1S/C11H16N3O4P/c1-17-19(16,18-2)11(15)10(13-14-12)8-9-6-4-3-5-7-9/h3-7,10-11,15H,8H2,1-2H3/t10-,11+/m1/s1. The Hall–Kier alpha value is -1.36. The first kappa shape index (κ1) is 15.7. The van der Waals surface area contributed by atoms with Crippen molar-refractivity contribution in [2.45, 2.75) is 18.3 Å². The van der Waals surface area contributed by atoms with Crippen LogP contribution in [0.1, 0.15) is 5.56 Å². The van der Waals surface area contributed by atoms with Gasteiger partial charge in [-0.1, -0.05) is 35.4 Å². The largest absolute Gasteiger partial charge is 0.380 e. The van der Waals surface area contributed by atoms with E-state index in [1.165, 1.54) is 14.2 Å². The Kier molecular flexibility index (Phi) is 6.02. The van der Waals surface area contributed by atoms with Crippen molar-refractivity contribution in [2.24, 2.45) is 5.11 Å². The van der Waals surface area contributed by atoms with Crippen LogP contribution in [0, 0.1) is 0 Å². The van der Waals surface area contributed by atoms with E-state index < -0.39 is 19.5 Å². The van der Waals surface area contributed by atoms with E-state index in [1.54, 1.807) is 0 Å². The molecule has 7 nitrogen and oxygen atoms in total. The van der Waals surface area contributed by atoms with Crippen LogP contribution in [-0.4, -0.2) is 31.2 Å². The Morgan fingerprint density at radius 1 is 1.37 bits per heavy atom. The molecule has 0 saturated heterocycles. The van der Waals surface area contributed by atoms with Gasteiger partial charge in [-0.05, 0) is 17.5 Å². The Labute approximate surface area is 111 Å². The second-order valence-electron chi connectivity index (χ2n) is 3.78. The maximum Gasteiger partial charge on any atom is 0.358 e. The van der Waals surface area contributed by atoms with Gasteiger partial charge in [0.05, 0.1) is 6.04 Å². The molecule has 8 heteroatoms. The zero-order chi connectivity index (χ0) is 14.3. The van der Waals surface area contributed by atoms with E-state index in [4.69, 9.17) is 14.6 Å². The molecule has 0 heterocycles.